The molecule has 0 aliphatic heterocycles. The van der Waals surface area contributed by atoms with Crippen molar-refractivity contribution in [1.29, 1.82) is 0 Å². The lowest BCUT2D eigenvalue weighted by Gasteiger charge is -2.20. The lowest BCUT2D eigenvalue weighted by atomic mass is 10.1. The molecule has 1 fully saturated rings. The topological polar surface area (TPSA) is 84.3 Å². The van der Waals surface area contributed by atoms with Crippen LogP contribution in [-0.4, -0.2) is 34.0 Å². The van der Waals surface area contributed by atoms with E-state index in [2.05, 4.69) is 16.2 Å². The molecule has 7 nitrogen and oxygen atoms in total. The molecule has 0 saturated heterocycles. The van der Waals surface area contributed by atoms with E-state index >= 15 is 0 Å². The lowest BCUT2D eigenvalue weighted by molar-refractivity contribution is -0.122. The number of carbonyl (C=O) groups is 2. The van der Waals surface area contributed by atoms with Gasteiger partial charge in [-0.05, 0) is 38.3 Å². The summed E-state index contributed by atoms with van der Waals surface area (Å²) >= 11 is 0. The molecule has 2 amide bonds. The highest BCUT2D eigenvalue weighted by Gasteiger charge is 2.42. The number of amides is 2. The van der Waals surface area contributed by atoms with Crippen LogP contribution in [0.15, 0.2) is 29.1 Å². The van der Waals surface area contributed by atoms with Gasteiger partial charge in [-0.3, -0.25) is 19.0 Å². The number of terminal acetylenes is 1. The van der Waals surface area contributed by atoms with Crippen LogP contribution < -0.4 is 15.8 Å². The van der Waals surface area contributed by atoms with Gasteiger partial charge in [-0.15, -0.1) is 6.42 Å². The van der Waals surface area contributed by atoms with Crippen LogP contribution >= 0.6 is 0 Å². The SMILES string of the molecule is C#CC1(NC(=O)Cn2c(C)nc(-c3ccc(C)cc3N(C)C(C)=O)cc2=O)CC1. The van der Waals surface area contributed by atoms with Gasteiger partial charge < -0.3 is 10.2 Å². The third-order valence-electron chi connectivity index (χ3n) is 5.17. The zero-order valence-corrected chi connectivity index (χ0v) is 17.1. The third kappa shape index (κ3) is 4.21. The van der Waals surface area contributed by atoms with Crippen molar-refractivity contribution in [2.24, 2.45) is 0 Å². The Bertz CT molecular complexity index is 1090. The number of aromatic nitrogens is 2. The van der Waals surface area contributed by atoms with Crippen LogP contribution in [0.1, 0.15) is 31.2 Å². The van der Waals surface area contributed by atoms with Crippen LogP contribution in [0.4, 0.5) is 5.69 Å². The van der Waals surface area contributed by atoms with E-state index in [1.54, 1.807) is 14.0 Å². The van der Waals surface area contributed by atoms with Gasteiger partial charge in [0.25, 0.3) is 5.56 Å². The fourth-order valence-electron chi connectivity index (χ4n) is 3.14. The fourth-order valence-corrected chi connectivity index (χ4v) is 3.14. The largest absolute Gasteiger partial charge is 0.338 e. The monoisotopic (exact) mass is 392 g/mol. The first-order valence-corrected chi connectivity index (χ1v) is 9.38. The number of benzene rings is 1. The molecule has 7 heteroatoms. The van der Waals surface area contributed by atoms with Crippen LogP contribution in [0.2, 0.25) is 0 Å². The number of rotatable bonds is 5. The number of hydrogen-bond acceptors (Lipinski definition) is 4. The first-order chi connectivity index (χ1) is 13.7. The van der Waals surface area contributed by atoms with Crippen LogP contribution in [-0.2, 0) is 16.1 Å². The predicted octanol–water partition coefficient (Wildman–Crippen LogP) is 1.79. The molecule has 2 aromatic rings. The fraction of sp³-hybridized carbons (Fsp3) is 0.364. The Balaban J connectivity index is 1.94. The minimum absolute atomic E-state index is 0.124. The molecule has 1 N–H and O–H groups in total. The number of carbonyl (C=O) groups excluding carboxylic acids is 2. The molecule has 0 bridgehead atoms. The van der Waals surface area contributed by atoms with Crippen molar-refractivity contribution in [2.45, 2.75) is 45.7 Å². The number of hydrogen-bond donors (Lipinski definition) is 1. The number of nitrogens with one attached hydrogen (secondary N) is 1. The summed E-state index contributed by atoms with van der Waals surface area (Å²) in [4.78, 5) is 42.9. The van der Waals surface area contributed by atoms with Gasteiger partial charge in [-0.1, -0.05) is 18.1 Å². The van der Waals surface area contributed by atoms with Crippen molar-refractivity contribution >= 4 is 17.5 Å². The van der Waals surface area contributed by atoms with Gasteiger partial charge in [0.15, 0.2) is 0 Å². The summed E-state index contributed by atoms with van der Waals surface area (Å²) in [5.74, 6) is 2.56. The van der Waals surface area contributed by atoms with E-state index in [1.165, 1.54) is 22.5 Å². The van der Waals surface area contributed by atoms with Crippen molar-refractivity contribution in [3.63, 3.8) is 0 Å². The minimum atomic E-state index is -0.559. The number of nitrogens with zero attached hydrogens (tertiary/aromatic N) is 3. The molecule has 0 spiro atoms. The highest BCUT2D eigenvalue weighted by Crippen LogP contribution is 2.34. The molecular formula is C22H24N4O3. The quantitative estimate of drug-likeness (QED) is 0.787. The van der Waals surface area contributed by atoms with Gasteiger partial charge >= 0.3 is 0 Å². The maximum Gasteiger partial charge on any atom is 0.254 e. The first-order valence-electron chi connectivity index (χ1n) is 9.38. The molecule has 1 aliphatic carbocycles. The summed E-state index contributed by atoms with van der Waals surface area (Å²) in [6, 6.07) is 7.00. The van der Waals surface area contributed by atoms with Crippen LogP contribution in [0.3, 0.4) is 0 Å². The summed E-state index contributed by atoms with van der Waals surface area (Å²) < 4.78 is 1.31. The minimum Gasteiger partial charge on any atom is -0.338 e. The van der Waals surface area contributed by atoms with Gasteiger partial charge in [0.1, 0.15) is 17.9 Å². The Labute approximate surface area is 169 Å². The summed E-state index contributed by atoms with van der Waals surface area (Å²) in [5.41, 5.74) is 1.88. The molecule has 1 aliphatic rings. The van der Waals surface area contributed by atoms with Crippen molar-refractivity contribution in [2.75, 3.05) is 11.9 Å². The molecule has 1 saturated carbocycles. The van der Waals surface area contributed by atoms with Gasteiger partial charge in [-0.2, -0.15) is 0 Å². The van der Waals surface area contributed by atoms with Gasteiger partial charge in [-0.25, -0.2) is 4.98 Å². The van der Waals surface area contributed by atoms with E-state index < -0.39 is 5.54 Å². The maximum atomic E-state index is 12.7. The molecule has 0 radical (unpaired) electrons. The van der Waals surface area contributed by atoms with Crippen LogP contribution in [0.25, 0.3) is 11.3 Å². The van der Waals surface area contributed by atoms with E-state index in [-0.39, 0.29) is 23.9 Å². The Morgan fingerprint density at radius 3 is 2.55 bits per heavy atom. The molecule has 1 aromatic heterocycles. The Morgan fingerprint density at radius 2 is 2.00 bits per heavy atom. The van der Waals surface area contributed by atoms with Crippen LogP contribution in [0, 0.1) is 26.2 Å². The second-order valence-electron chi connectivity index (χ2n) is 7.49. The Hall–Kier alpha value is -3.40. The van der Waals surface area contributed by atoms with E-state index in [0.29, 0.717) is 22.8 Å². The average molecular weight is 392 g/mol. The first kappa shape index (κ1) is 20.3. The average Bonchev–Trinajstić information content (AvgIpc) is 3.43. The maximum absolute atomic E-state index is 12.7. The zero-order chi connectivity index (χ0) is 21.3. The Kier molecular flexibility index (Phi) is 5.29. The molecule has 1 heterocycles. The molecule has 0 unspecified atom stereocenters. The second-order valence-corrected chi connectivity index (χ2v) is 7.49. The predicted molar refractivity (Wildman–Crippen MR) is 111 cm³/mol. The van der Waals surface area contributed by atoms with E-state index in [4.69, 9.17) is 6.42 Å². The highest BCUT2D eigenvalue weighted by atomic mass is 16.2. The van der Waals surface area contributed by atoms with Gasteiger partial charge in [0.2, 0.25) is 11.8 Å². The lowest BCUT2D eigenvalue weighted by Crippen LogP contribution is -2.40. The summed E-state index contributed by atoms with van der Waals surface area (Å²) in [5, 5.41) is 2.80. The summed E-state index contributed by atoms with van der Waals surface area (Å²) in [7, 11) is 1.68. The number of aryl methyl sites for hydroxylation is 2. The van der Waals surface area contributed by atoms with Crippen LogP contribution in [0.5, 0.6) is 0 Å². The molecular weight excluding hydrogens is 368 g/mol. The molecule has 0 atom stereocenters. The Morgan fingerprint density at radius 1 is 1.31 bits per heavy atom. The molecule has 150 valence electrons. The third-order valence-corrected chi connectivity index (χ3v) is 5.17. The van der Waals surface area contributed by atoms with E-state index in [1.807, 2.05) is 25.1 Å². The molecule has 3 rings (SSSR count). The molecule has 1 aromatic carbocycles. The van der Waals surface area contributed by atoms with Gasteiger partial charge in [0, 0.05) is 25.6 Å². The number of anilines is 1. The smallest absolute Gasteiger partial charge is 0.254 e. The van der Waals surface area contributed by atoms with Crippen molar-refractivity contribution < 1.29 is 9.59 Å². The van der Waals surface area contributed by atoms with Crippen molar-refractivity contribution in [3.8, 4) is 23.6 Å². The van der Waals surface area contributed by atoms with E-state index in [0.717, 1.165) is 18.4 Å². The summed E-state index contributed by atoms with van der Waals surface area (Å²) in [6.07, 6.45) is 6.95. The summed E-state index contributed by atoms with van der Waals surface area (Å²) in [6.45, 7) is 4.94. The van der Waals surface area contributed by atoms with Crippen molar-refractivity contribution in [1.82, 2.24) is 14.9 Å². The van der Waals surface area contributed by atoms with Crippen molar-refractivity contribution in [3.05, 3.63) is 46.0 Å². The second kappa shape index (κ2) is 7.55. The molecule has 29 heavy (non-hydrogen) atoms. The van der Waals surface area contributed by atoms with Gasteiger partial charge in [0.05, 0.1) is 11.4 Å². The standard InChI is InChI=1S/C22H24N4O3/c1-6-22(9-10-22)24-20(28)13-26-15(3)23-18(12-21(26)29)17-8-7-14(2)11-19(17)25(5)16(4)27/h1,7-8,11-12H,9-10,13H2,2-5H3,(H,24,28). The zero-order valence-electron chi connectivity index (χ0n) is 17.1. The normalized spacial score (nSPS) is 14.0. The highest BCUT2D eigenvalue weighted by molar-refractivity contribution is 5.95. The van der Waals surface area contributed by atoms with E-state index in [9.17, 15) is 14.4 Å².